The second kappa shape index (κ2) is 9.74. The Morgan fingerprint density at radius 1 is 0.767 bits per heavy atom. The molecule has 3 aromatic carbocycles. The van der Waals surface area contributed by atoms with E-state index in [1.165, 1.54) is 0 Å². The Labute approximate surface area is 177 Å². The maximum absolute atomic E-state index is 12.8. The van der Waals surface area contributed by atoms with E-state index in [9.17, 15) is 9.59 Å². The molecular formula is C25H26N2O3. The predicted octanol–water partition coefficient (Wildman–Crippen LogP) is 5.22. The van der Waals surface area contributed by atoms with Crippen molar-refractivity contribution in [3.8, 4) is 5.75 Å². The monoisotopic (exact) mass is 402 g/mol. The quantitative estimate of drug-likeness (QED) is 0.570. The highest BCUT2D eigenvalue weighted by Gasteiger charge is 2.16. The third-order valence-electron chi connectivity index (χ3n) is 4.56. The summed E-state index contributed by atoms with van der Waals surface area (Å²) in [7, 11) is 0. The average Bonchev–Trinajstić information content (AvgIpc) is 2.74. The molecule has 0 bridgehead atoms. The van der Waals surface area contributed by atoms with Crippen molar-refractivity contribution in [1.29, 1.82) is 0 Å². The molecule has 1 atom stereocenters. The molecule has 2 amide bonds. The van der Waals surface area contributed by atoms with Crippen LogP contribution >= 0.6 is 0 Å². The van der Waals surface area contributed by atoms with E-state index in [0.717, 1.165) is 5.56 Å². The fourth-order valence-electron chi connectivity index (χ4n) is 3.04. The summed E-state index contributed by atoms with van der Waals surface area (Å²) in [4.78, 5) is 25.5. The Balaban J connectivity index is 1.71. The van der Waals surface area contributed by atoms with Gasteiger partial charge in [-0.15, -0.1) is 0 Å². The lowest BCUT2D eigenvalue weighted by molar-refractivity contribution is 0.0940. The summed E-state index contributed by atoms with van der Waals surface area (Å²) in [6.45, 7) is 5.82. The molecule has 0 unspecified atom stereocenters. The molecule has 0 saturated heterocycles. The molecule has 0 aliphatic rings. The van der Waals surface area contributed by atoms with Gasteiger partial charge in [-0.2, -0.15) is 0 Å². The van der Waals surface area contributed by atoms with E-state index in [4.69, 9.17) is 4.74 Å². The second-order valence-corrected chi connectivity index (χ2v) is 7.30. The first-order valence-corrected chi connectivity index (χ1v) is 9.97. The Morgan fingerprint density at radius 2 is 1.40 bits per heavy atom. The van der Waals surface area contributed by atoms with E-state index in [-0.39, 0.29) is 24.0 Å². The molecule has 5 nitrogen and oxygen atoms in total. The second-order valence-electron chi connectivity index (χ2n) is 7.30. The van der Waals surface area contributed by atoms with Gasteiger partial charge in [0.25, 0.3) is 11.8 Å². The van der Waals surface area contributed by atoms with Crippen molar-refractivity contribution in [1.82, 2.24) is 5.32 Å². The molecule has 2 N–H and O–H groups in total. The van der Waals surface area contributed by atoms with Gasteiger partial charge in [0.1, 0.15) is 5.75 Å². The van der Waals surface area contributed by atoms with Gasteiger partial charge >= 0.3 is 0 Å². The van der Waals surface area contributed by atoms with Crippen LogP contribution in [0.25, 0.3) is 0 Å². The lowest BCUT2D eigenvalue weighted by atomic mass is 10.1. The van der Waals surface area contributed by atoms with Gasteiger partial charge in [-0.3, -0.25) is 9.59 Å². The number of hydrogen-bond acceptors (Lipinski definition) is 3. The molecule has 0 aliphatic carbocycles. The summed E-state index contributed by atoms with van der Waals surface area (Å²) in [5.74, 6) is 0.168. The fraction of sp³-hybridized carbons (Fsp3) is 0.200. The fourth-order valence-corrected chi connectivity index (χ4v) is 3.04. The minimum Gasteiger partial charge on any atom is -0.491 e. The Morgan fingerprint density at radius 3 is 2.07 bits per heavy atom. The van der Waals surface area contributed by atoms with Crippen molar-refractivity contribution in [2.45, 2.75) is 32.9 Å². The summed E-state index contributed by atoms with van der Waals surface area (Å²) in [5.41, 5.74) is 2.37. The largest absolute Gasteiger partial charge is 0.491 e. The van der Waals surface area contributed by atoms with Gasteiger partial charge in [0.05, 0.1) is 23.4 Å². The van der Waals surface area contributed by atoms with Crippen molar-refractivity contribution in [3.63, 3.8) is 0 Å². The minimum atomic E-state index is -0.289. The normalized spacial score (nSPS) is 11.6. The van der Waals surface area contributed by atoms with Crippen LogP contribution in [0.4, 0.5) is 5.69 Å². The van der Waals surface area contributed by atoms with Crippen LogP contribution in [-0.4, -0.2) is 17.9 Å². The highest BCUT2D eigenvalue weighted by atomic mass is 16.5. The third kappa shape index (κ3) is 5.47. The zero-order valence-electron chi connectivity index (χ0n) is 17.4. The van der Waals surface area contributed by atoms with Crippen molar-refractivity contribution in [2.75, 3.05) is 5.32 Å². The van der Waals surface area contributed by atoms with Crippen LogP contribution in [0.3, 0.4) is 0 Å². The number of benzene rings is 3. The molecule has 0 saturated carbocycles. The summed E-state index contributed by atoms with van der Waals surface area (Å²) in [5, 5.41) is 5.83. The molecule has 0 spiro atoms. The van der Waals surface area contributed by atoms with E-state index in [1.54, 1.807) is 48.5 Å². The van der Waals surface area contributed by atoms with Crippen LogP contribution in [0.2, 0.25) is 0 Å². The number of carbonyl (C=O) groups is 2. The summed E-state index contributed by atoms with van der Waals surface area (Å²) in [6.07, 6.45) is 0.0633. The van der Waals surface area contributed by atoms with Gasteiger partial charge in [-0.05, 0) is 62.7 Å². The highest BCUT2D eigenvalue weighted by molar-refractivity contribution is 6.09. The number of ether oxygens (including phenoxy) is 1. The maximum atomic E-state index is 12.8. The smallest absolute Gasteiger partial charge is 0.255 e. The van der Waals surface area contributed by atoms with Crippen LogP contribution < -0.4 is 15.4 Å². The van der Waals surface area contributed by atoms with Gasteiger partial charge in [-0.1, -0.05) is 42.5 Å². The molecule has 0 heterocycles. The van der Waals surface area contributed by atoms with Crippen LogP contribution in [0.15, 0.2) is 78.9 Å². The maximum Gasteiger partial charge on any atom is 0.255 e. The number of carbonyl (C=O) groups excluding carboxylic acids is 2. The standard InChI is InChI=1S/C25H26N2O3/c1-17(2)30-21-15-13-20(14-16-21)24(28)27-23-12-8-7-11-22(23)25(29)26-18(3)19-9-5-4-6-10-19/h4-18H,1-3H3,(H,26,29)(H,27,28)/t18-/m0/s1. The number of hydrogen-bond donors (Lipinski definition) is 2. The Bertz CT molecular complexity index is 998. The third-order valence-corrected chi connectivity index (χ3v) is 4.56. The van der Waals surface area contributed by atoms with Gasteiger partial charge in [0.2, 0.25) is 0 Å². The Hall–Kier alpha value is -3.60. The first-order valence-electron chi connectivity index (χ1n) is 9.97. The molecule has 0 aliphatic heterocycles. The van der Waals surface area contributed by atoms with E-state index < -0.39 is 0 Å². The summed E-state index contributed by atoms with van der Waals surface area (Å²) < 4.78 is 5.61. The predicted molar refractivity (Wildman–Crippen MR) is 119 cm³/mol. The number of nitrogens with one attached hydrogen (secondary N) is 2. The molecule has 3 rings (SSSR count). The topological polar surface area (TPSA) is 67.4 Å². The molecule has 5 heteroatoms. The summed E-state index contributed by atoms with van der Waals surface area (Å²) >= 11 is 0. The Kier molecular flexibility index (Phi) is 6.86. The van der Waals surface area contributed by atoms with Gasteiger partial charge in [-0.25, -0.2) is 0 Å². The van der Waals surface area contributed by atoms with Crippen LogP contribution in [0.1, 0.15) is 53.1 Å². The van der Waals surface area contributed by atoms with Crippen LogP contribution in [0, 0.1) is 0 Å². The SMILES string of the molecule is CC(C)Oc1ccc(C(=O)Nc2ccccc2C(=O)N[C@@H](C)c2ccccc2)cc1. The van der Waals surface area contributed by atoms with Crippen LogP contribution in [-0.2, 0) is 0 Å². The zero-order valence-corrected chi connectivity index (χ0v) is 17.4. The molecule has 154 valence electrons. The average molecular weight is 402 g/mol. The molecular weight excluding hydrogens is 376 g/mol. The first-order chi connectivity index (χ1) is 14.4. The van der Waals surface area contributed by atoms with E-state index >= 15 is 0 Å². The molecule has 3 aromatic rings. The minimum absolute atomic E-state index is 0.0633. The molecule has 30 heavy (non-hydrogen) atoms. The number of anilines is 1. The lowest BCUT2D eigenvalue weighted by Gasteiger charge is -2.16. The number of para-hydroxylation sites is 1. The van der Waals surface area contributed by atoms with Gasteiger partial charge < -0.3 is 15.4 Å². The van der Waals surface area contributed by atoms with Crippen LogP contribution in [0.5, 0.6) is 5.75 Å². The van der Waals surface area contributed by atoms with Crippen molar-refractivity contribution >= 4 is 17.5 Å². The van der Waals surface area contributed by atoms with Gasteiger partial charge in [0, 0.05) is 5.56 Å². The van der Waals surface area contributed by atoms with Crippen molar-refractivity contribution in [3.05, 3.63) is 95.6 Å². The molecule has 0 fully saturated rings. The lowest BCUT2D eigenvalue weighted by Crippen LogP contribution is -2.28. The first kappa shape index (κ1) is 21.1. The van der Waals surface area contributed by atoms with E-state index in [2.05, 4.69) is 10.6 Å². The van der Waals surface area contributed by atoms with E-state index in [1.807, 2.05) is 51.1 Å². The molecule has 0 aromatic heterocycles. The van der Waals surface area contributed by atoms with Crippen molar-refractivity contribution < 1.29 is 14.3 Å². The van der Waals surface area contributed by atoms with Gasteiger partial charge in [0.15, 0.2) is 0 Å². The zero-order chi connectivity index (χ0) is 21.5. The highest BCUT2D eigenvalue weighted by Crippen LogP contribution is 2.20. The number of amides is 2. The summed E-state index contributed by atoms with van der Waals surface area (Å²) in [6, 6.07) is 23.5. The molecule has 0 radical (unpaired) electrons. The van der Waals surface area contributed by atoms with Crippen molar-refractivity contribution in [2.24, 2.45) is 0 Å². The number of rotatable bonds is 7. The van der Waals surface area contributed by atoms with E-state index in [0.29, 0.717) is 22.6 Å².